The molecule has 10 aromatic carbocycles. The van der Waals surface area contributed by atoms with Crippen molar-refractivity contribution in [2.45, 2.75) is 24.7 Å². The molecule has 1 heteroatoms. The minimum atomic E-state index is -0.535. The maximum absolute atomic E-state index is 2.55. The highest BCUT2D eigenvalue weighted by Gasteiger charge is 2.48. The Morgan fingerprint density at radius 1 is 0.277 bits per heavy atom. The van der Waals surface area contributed by atoms with Crippen LogP contribution in [0.1, 0.15) is 55.6 Å². The first-order valence-electron chi connectivity index (χ1n) is 22.8. The molecule has 0 aliphatic heterocycles. The first-order chi connectivity index (χ1) is 32.1. The van der Waals surface area contributed by atoms with Gasteiger partial charge in [0.2, 0.25) is 0 Å². The molecule has 0 aromatic heterocycles. The average molecular weight is 830 g/mol. The van der Waals surface area contributed by atoms with Crippen molar-refractivity contribution >= 4 is 17.1 Å². The van der Waals surface area contributed by atoms with Crippen molar-refractivity contribution < 1.29 is 0 Å². The number of benzene rings is 10. The lowest BCUT2D eigenvalue weighted by Crippen LogP contribution is -2.29. The van der Waals surface area contributed by atoms with Crippen LogP contribution in [-0.4, -0.2) is 0 Å². The van der Waals surface area contributed by atoms with Crippen molar-refractivity contribution in [1.82, 2.24) is 0 Å². The lowest BCUT2D eigenvalue weighted by Gasteiger charge is -2.36. The minimum Gasteiger partial charge on any atom is -0.310 e. The van der Waals surface area contributed by atoms with Gasteiger partial charge in [0.25, 0.3) is 0 Å². The molecule has 0 unspecified atom stereocenters. The molecular formula is C64H47N. The SMILES string of the molecule is Cc1cc(-c2ccccc2)cc(C)c1N(c1ccc2c(c1)C(c1ccccc1)(c1ccccc1)c1ccccc1-2)c1ccc2c(c1)C(c1ccccc1)(c1ccccc1)c1ccccc1-2. The Morgan fingerprint density at radius 2 is 0.600 bits per heavy atom. The predicted molar refractivity (Wildman–Crippen MR) is 271 cm³/mol. The van der Waals surface area contributed by atoms with Gasteiger partial charge in [-0.3, -0.25) is 0 Å². The molecule has 0 bridgehead atoms. The molecule has 0 spiro atoms. The van der Waals surface area contributed by atoms with Crippen LogP contribution in [0, 0.1) is 13.8 Å². The number of fused-ring (bicyclic) bond motifs is 6. The largest absolute Gasteiger partial charge is 0.310 e. The normalized spacial score (nSPS) is 13.6. The van der Waals surface area contributed by atoms with E-state index in [4.69, 9.17) is 0 Å². The topological polar surface area (TPSA) is 3.24 Å². The lowest BCUT2D eigenvalue weighted by molar-refractivity contribution is 0.767. The van der Waals surface area contributed by atoms with Gasteiger partial charge in [-0.1, -0.05) is 212 Å². The van der Waals surface area contributed by atoms with Crippen LogP contribution >= 0.6 is 0 Å². The molecule has 1 nitrogen and oxygen atoms in total. The van der Waals surface area contributed by atoms with Crippen molar-refractivity contribution in [3.63, 3.8) is 0 Å². The van der Waals surface area contributed by atoms with E-state index in [0.717, 1.165) is 11.4 Å². The molecule has 0 saturated carbocycles. The minimum absolute atomic E-state index is 0.535. The molecule has 10 aromatic rings. The molecule has 308 valence electrons. The van der Waals surface area contributed by atoms with Crippen LogP contribution in [0.25, 0.3) is 33.4 Å². The van der Waals surface area contributed by atoms with Crippen molar-refractivity contribution in [3.05, 3.63) is 304 Å². The van der Waals surface area contributed by atoms with Crippen LogP contribution in [0.4, 0.5) is 17.1 Å². The summed E-state index contributed by atoms with van der Waals surface area (Å²) in [4.78, 5) is 2.55. The van der Waals surface area contributed by atoms with Crippen molar-refractivity contribution in [3.8, 4) is 33.4 Å². The van der Waals surface area contributed by atoms with E-state index in [9.17, 15) is 0 Å². The van der Waals surface area contributed by atoms with Crippen LogP contribution in [-0.2, 0) is 10.8 Å². The predicted octanol–water partition coefficient (Wildman–Crippen LogP) is 16.2. The number of anilines is 3. The Balaban J connectivity index is 1.16. The summed E-state index contributed by atoms with van der Waals surface area (Å²) in [5, 5.41) is 0. The third-order valence-electron chi connectivity index (χ3n) is 14.2. The van der Waals surface area contributed by atoms with E-state index in [1.54, 1.807) is 0 Å². The highest BCUT2D eigenvalue weighted by molar-refractivity contribution is 5.93. The summed E-state index contributed by atoms with van der Waals surface area (Å²) < 4.78 is 0. The molecule has 2 aliphatic carbocycles. The molecule has 0 radical (unpaired) electrons. The standard InChI is InChI=1S/C64H47N/c1-44-40-47(46-22-8-3-9-23-46)41-45(2)62(44)65(52-36-38-56-54-32-18-20-34-58(54)63(60(56)42-52,48-24-10-4-11-25-48)49-26-12-5-13-27-49)53-37-39-57-55-33-19-21-35-59(55)64(61(57)43-53,50-28-14-6-15-29-50)51-30-16-7-17-31-51/h3-43H,1-2H3. The summed E-state index contributed by atoms with van der Waals surface area (Å²) in [7, 11) is 0. The number of hydrogen-bond acceptors (Lipinski definition) is 1. The second kappa shape index (κ2) is 15.4. The number of rotatable bonds is 8. The van der Waals surface area contributed by atoms with E-state index in [1.807, 2.05) is 0 Å². The number of aryl methyl sites for hydroxylation is 2. The van der Waals surface area contributed by atoms with Gasteiger partial charge in [-0.05, 0) is 139 Å². The van der Waals surface area contributed by atoms with Crippen LogP contribution in [0.2, 0.25) is 0 Å². The molecule has 0 N–H and O–H groups in total. The number of hydrogen-bond donors (Lipinski definition) is 0. The Morgan fingerprint density at radius 3 is 0.985 bits per heavy atom. The monoisotopic (exact) mass is 829 g/mol. The fourth-order valence-corrected chi connectivity index (χ4v) is 11.7. The fraction of sp³-hybridized carbons (Fsp3) is 0.0625. The van der Waals surface area contributed by atoms with Crippen molar-refractivity contribution in [1.29, 1.82) is 0 Å². The fourth-order valence-electron chi connectivity index (χ4n) is 11.7. The zero-order valence-corrected chi connectivity index (χ0v) is 36.6. The van der Waals surface area contributed by atoms with Gasteiger partial charge >= 0.3 is 0 Å². The molecule has 2 aliphatic rings. The molecule has 0 saturated heterocycles. The van der Waals surface area contributed by atoms with Crippen molar-refractivity contribution in [2.75, 3.05) is 4.90 Å². The Bertz CT molecular complexity index is 3090. The Hall–Kier alpha value is -8.00. The van der Waals surface area contributed by atoms with E-state index in [1.165, 1.54) is 94.7 Å². The molecule has 65 heavy (non-hydrogen) atoms. The van der Waals surface area contributed by atoms with Gasteiger partial charge in [0, 0.05) is 11.4 Å². The van der Waals surface area contributed by atoms with Crippen LogP contribution < -0.4 is 4.90 Å². The third kappa shape index (κ3) is 5.79. The van der Waals surface area contributed by atoms with Gasteiger partial charge in [0.05, 0.1) is 16.5 Å². The smallest absolute Gasteiger partial charge is 0.0714 e. The summed E-state index contributed by atoms with van der Waals surface area (Å²) in [5.41, 5.74) is 22.5. The third-order valence-corrected chi connectivity index (χ3v) is 14.2. The summed E-state index contributed by atoms with van der Waals surface area (Å²) in [6.07, 6.45) is 0. The Kier molecular flexibility index (Phi) is 9.14. The quantitative estimate of drug-likeness (QED) is 0.147. The van der Waals surface area contributed by atoms with E-state index in [2.05, 4.69) is 267 Å². The van der Waals surface area contributed by atoms with Crippen molar-refractivity contribution in [2.24, 2.45) is 0 Å². The summed E-state index contributed by atoms with van der Waals surface area (Å²) in [6.45, 7) is 4.56. The molecule has 0 amide bonds. The van der Waals surface area contributed by atoms with E-state index in [-0.39, 0.29) is 0 Å². The van der Waals surface area contributed by atoms with Gasteiger partial charge in [-0.15, -0.1) is 0 Å². The zero-order valence-electron chi connectivity index (χ0n) is 36.6. The van der Waals surface area contributed by atoms with E-state index < -0.39 is 10.8 Å². The van der Waals surface area contributed by atoms with Crippen LogP contribution in [0.3, 0.4) is 0 Å². The zero-order chi connectivity index (χ0) is 43.5. The highest BCUT2D eigenvalue weighted by Crippen LogP contribution is 2.60. The van der Waals surface area contributed by atoms with Crippen LogP contribution in [0.5, 0.6) is 0 Å². The first-order valence-corrected chi connectivity index (χ1v) is 22.8. The molecule has 0 heterocycles. The second-order valence-electron chi connectivity index (χ2n) is 17.7. The molecule has 0 atom stereocenters. The molecule has 12 rings (SSSR count). The van der Waals surface area contributed by atoms with Gasteiger partial charge < -0.3 is 4.90 Å². The summed E-state index contributed by atoms with van der Waals surface area (Å²) in [6, 6.07) is 92.5. The number of nitrogens with zero attached hydrogens (tertiary/aromatic N) is 1. The average Bonchev–Trinajstić information content (AvgIpc) is 3.84. The Labute approximate surface area is 382 Å². The summed E-state index contributed by atoms with van der Waals surface area (Å²) in [5.74, 6) is 0. The van der Waals surface area contributed by atoms with E-state index >= 15 is 0 Å². The maximum Gasteiger partial charge on any atom is 0.0714 e. The van der Waals surface area contributed by atoms with Gasteiger partial charge in [0.15, 0.2) is 0 Å². The van der Waals surface area contributed by atoms with Gasteiger partial charge in [0.1, 0.15) is 0 Å². The van der Waals surface area contributed by atoms with Crippen LogP contribution in [0.15, 0.2) is 249 Å². The van der Waals surface area contributed by atoms with E-state index in [0.29, 0.717) is 0 Å². The molecule has 0 fully saturated rings. The first kappa shape index (κ1) is 38.7. The second-order valence-corrected chi connectivity index (χ2v) is 17.7. The summed E-state index contributed by atoms with van der Waals surface area (Å²) >= 11 is 0. The highest BCUT2D eigenvalue weighted by atomic mass is 15.1. The van der Waals surface area contributed by atoms with Gasteiger partial charge in [-0.25, -0.2) is 0 Å². The molecular weight excluding hydrogens is 783 g/mol. The maximum atomic E-state index is 2.55. The lowest BCUT2D eigenvalue weighted by atomic mass is 9.67. The van der Waals surface area contributed by atoms with Gasteiger partial charge in [-0.2, -0.15) is 0 Å².